The summed E-state index contributed by atoms with van der Waals surface area (Å²) in [4.78, 5) is 16.2. The molecule has 1 amide bonds. The molecule has 2 aromatic carbocycles. The van der Waals surface area contributed by atoms with Crippen LogP contribution in [-0.4, -0.2) is 38.6 Å². The lowest BCUT2D eigenvalue weighted by atomic mass is 10.0. The topological polar surface area (TPSA) is 36.8 Å². The standard InChI is InChI=1S/C22H28ClN3O/c1-3-21(18-9-7-17(2)8-10-18)24-22(27)16-25-11-13-26(14-12-25)20-6-4-5-19(23)15-20/h4-10,15,21H,3,11-14,16H2,1-2H3,(H,24,27)/p+1/t21-/m0/s1. The van der Waals surface area contributed by atoms with Crippen molar-refractivity contribution in [2.75, 3.05) is 37.6 Å². The summed E-state index contributed by atoms with van der Waals surface area (Å²) in [6.07, 6.45) is 0.896. The molecule has 0 aliphatic carbocycles. The largest absolute Gasteiger partial charge is 0.360 e. The van der Waals surface area contributed by atoms with Gasteiger partial charge in [-0.2, -0.15) is 0 Å². The lowest BCUT2D eigenvalue weighted by molar-refractivity contribution is -0.892. The van der Waals surface area contributed by atoms with Crippen LogP contribution in [0, 0.1) is 6.92 Å². The minimum absolute atomic E-state index is 0.0882. The third-order valence-electron chi connectivity index (χ3n) is 5.28. The molecule has 144 valence electrons. The zero-order valence-corrected chi connectivity index (χ0v) is 16.9. The van der Waals surface area contributed by atoms with Crippen LogP contribution in [0.4, 0.5) is 5.69 Å². The fourth-order valence-corrected chi connectivity index (χ4v) is 3.81. The number of halogens is 1. The van der Waals surface area contributed by atoms with Crippen molar-refractivity contribution in [3.05, 3.63) is 64.7 Å². The fourth-order valence-electron chi connectivity index (χ4n) is 3.62. The number of nitrogens with one attached hydrogen (secondary N) is 2. The SMILES string of the molecule is CC[C@H](NC(=O)C[NH+]1CCN(c2cccc(Cl)c2)CC1)c1ccc(C)cc1. The summed E-state index contributed by atoms with van der Waals surface area (Å²) < 4.78 is 0. The Morgan fingerprint density at radius 3 is 2.52 bits per heavy atom. The molecule has 27 heavy (non-hydrogen) atoms. The zero-order valence-electron chi connectivity index (χ0n) is 16.2. The van der Waals surface area contributed by atoms with Gasteiger partial charge in [-0.05, 0) is 37.1 Å². The molecule has 0 saturated carbocycles. The summed E-state index contributed by atoms with van der Waals surface area (Å²) in [6.45, 7) is 8.53. The highest BCUT2D eigenvalue weighted by Gasteiger charge is 2.23. The second-order valence-electron chi connectivity index (χ2n) is 7.33. The summed E-state index contributed by atoms with van der Waals surface area (Å²) in [5.41, 5.74) is 3.58. The molecule has 0 unspecified atom stereocenters. The number of carbonyl (C=O) groups excluding carboxylic acids is 1. The molecule has 1 fully saturated rings. The Morgan fingerprint density at radius 2 is 1.89 bits per heavy atom. The van der Waals surface area contributed by atoms with E-state index >= 15 is 0 Å². The Labute approximate surface area is 167 Å². The van der Waals surface area contributed by atoms with Crippen molar-refractivity contribution < 1.29 is 9.69 Å². The average molecular weight is 387 g/mol. The molecule has 0 spiro atoms. The van der Waals surface area contributed by atoms with E-state index in [1.165, 1.54) is 16.0 Å². The second kappa shape index (κ2) is 9.25. The first-order chi connectivity index (χ1) is 13.0. The van der Waals surface area contributed by atoms with Gasteiger partial charge < -0.3 is 15.1 Å². The lowest BCUT2D eigenvalue weighted by Crippen LogP contribution is -3.16. The molecule has 1 aliphatic rings. The van der Waals surface area contributed by atoms with Crippen molar-refractivity contribution >= 4 is 23.2 Å². The van der Waals surface area contributed by atoms with E-state index in [1.54, 1.807) is 0 Å². The van der Waals surface area contributed by atoms with Gasteiger partial charge in [-0.15, -0.1) is 0 Å². The number of hydrogen-bond donors (Lipinski definition) is 2. The van der Waals surface area contributed by atoms with E-state index in [4.69, 9.17) is 11.6 Å². The third-order valence-corrected chi connectivity index (χ3v) is 5.51. The molecule has 0 radical (unpaired) electrons. The molecule has 2 aromatic rings. The first-order valence-electron chi connectivity index (χ1n) is 9.75. The molecule has 1 saturated heterocycles. The Balaban J connectivity index is 1.49. The van der Waals surface area contributed by atoms with Gasteiger partial charge in [0.25, 0.3) is 5.91 Å². The average Bonchev–Trinajstić information content (AvgIpc) is 2.67. The number of nitrogens with zero attached hydrogens (tertiary/aromatic N) is 1. The zero-order chi connectivity index (χ0) is 19.2. The highest BCUT2D eigenvalue weighted by Crippen LogP contribution is 2.19. The molecule has 3 rings (SSSR count). The first-order valence-corrected chi connectivity index (χ1v) is 10.1. The first kappa shape index (κ1) is 19.7. The van der Waals surface area contributed by atoms with Gasteiger partial charge in [0.05, 0.1) is 32.2 Å². The smallest absolute Gasteiger partial charge is 0.275 e. The number of piperazine rings is 1. The molecular weight excluding hydrogens is 358 g/mol. The molecule has 0 bridgehead atoms. The Morgan fingerprint density at radius 1 is 1.19 bits per heavy atom. The minimum Gasteiger partial charge on any atom is -0.360 e. The summed E-state index contributed by atoms with van der Waals surface area (Å²) in [6, 6.07) is 16.5. The summed E-state index contributed by atoms with van der Waals surface area (Å²) in [7, 11) is 0. The van der Waals surface area contributed by atoms with E-state index in [9.17, 15) is 4.79 Å². The number of benzene rings is 2. The van der Waals surface area contributed by atoms with Gasteiger partial charge in [0.2, 0.25) is 0 Å². The van der Waals surface area contributed by atoms with E-state index < -0.39 is 0 Å². The van der Waals surface area contributed by atoms with E-state index in [1.807, 2.05) is 18.2 Å². The van der Waals surface area contributed by atoms with Crippen LogP contribution in [0.1, 0.15) is 30.5 Å². The number of carbonyl (C=O) groups is 1. The quantitative estimate of drug-likeness (QED) is 0.800. The molecule has 1 atom stereocenters. The maximum Gasteiger partial charge on any atom is 0.275 e. The van der Waals surface area contributed by atoms with Crippen molar-refractivity contribution in [2.45, 2.75) is 26.3 Å². The number of rotatable bonds is 6. The molecular formula is C22H29ClN3O+. The lowest BCUT2D eigenvalue weighted by Gasteiger charge is -2.33. The molecule has 2 N–H and O–H groups in total. The summed E-state index contributed by atoms with van der Waals surface area (Å²) in [5, 5.41) is 3.98. The molecule has 1 heterocycles. The van der Waals surface area contributed by atoms with Gasteiger partial charge in [0.1, 0.15) is 0 Å². The van der Waals surface area contributed by atoms with Crippen molar-refractivity contribution in [3.8, 4) is 0 Å². The number of quaternary nitrogens is 1. The van der Waals surface area contributed by atoms with Crippen LogP contribution in [0.3, 0.4) is 0 Å². The van der Waals surface area contributed by atoms with Gasteiger partial charge in [0.15, 0.2) is 6.54 Å². The molecule has 0 aromatic heterocycles. The maximum absolute atomic E-state index is 12.6. The van der Waals surface area contributed by atoms with Crippen LogP contribution in [0.15, 0.2) is 48.5 Å². The van der Waals surface area contributed by atoms with Crippen molar-refractivity contribution in [3.63, 3.8) is 0 Å². The Kier molecular flexibility index (Phi) is 6.75. The minimum atomic E-state index is 0.0882. The van der Waals surface area contributed by atoms with E-state index in [0.29, 0.717) is 6.54 Å². The second-order valence-corrected chi connectivity index (χ2v) is 7.77. The predicted molar refractivity (Wildman–Crippen MR) is 112 cm³/mol. The van der Waals surface area contributed by atoms with E-state index in [-0.39, 0.29) is 11.9 Å². The van der Waals surface area contributed by atoms with Crippen LogP contribution in [0.5, 0.6) is 0 Å². The number of aryl methyl sites for hydroxylation is 1. The number of anilines is 1. The summed E-state index contributed by atoms with van der Waals surface area (Å²) >= 11 is 6.10. The van der Waals surface area contributed by atoms with Crippen molar-refractivity contribution in [2.24, 2.45) is 0 Å². The van der Waals surface area contributed by atoms with Gasteiger partial charge >= 0.3 is 0 Å². The Bertz CT molecular complexity index is 754. The normalized spacial score (nSPS) is 16.2. The van der Waals surface area contributed by atoms with Crippen molar-refractivity contribution in [1.29, 1.82) is 0 Å². The van der Waals surface area contributed by atoms with Crippen LogP contribution < -0.4 is 15.1 Å². The van der Waals surface area contributed by atoms with Crippen LogP contribution in [0.25, 0.3) is 0 Å². The monoisotopic (exact) mass is 386 g/mol. The maximum atomic E-state index is 12.6. The van der Waals surface area contributed by atoms with Crippen molar-refractivity contribution in [1.82, 2.24) is 5.32 Å². The summed E-state index contributed by atoms with van der Waals surface area (Å²) in [5.74, 6) is 0.133. The van der Waals surface area contributed by atoms with Crippen LogP contribution in [-0.2, 0) is 4.79 Å². The number of hydrogen-bond acceptors (Lipinski definition) is 2. The van der Waals surface area contributed by atoms with E-state index in [2.05, 4.69) is 54.4 Å². The third kappa shape index (κ3) is 5.47. The van der Waals surface area contributed by atoms with Crippen LogP contribution >= 0.6 is 11.6 Å². The van der Waals surface area contributed by atoms with E-state index in [0.717, 1.165) is 43.3 Å². The van der Waals surface area contributed by atoms with Gasteiger partial charge in [-0.3, -0.25) is 4.79 Å². The highest BCUT2D eigenvalue weighted by molar-refractivity contribution is 6.30. The fraction of sp³-hybridized carbons (Fsp3) is 0.409. The van der Waals surface area contributed by atoms with Gasteiger partial charge in [-0.25, -0.2) is 0 Å². The molecule has 4 nitrogen and oxygen atoms in total. The van der Waals surface area contributed by atoms with Gasteiger partial charge in [0, 0.05) is 10.7 Å². The number of amides is 1. The molecule has 5 heteroatoms. The predicted octanol–water partition coefficient (Wildman–Crippen LogP) is 2.62. The molecule has 1 aliphatic heterocycles. The van der Waals surface area contributed by atoms with Crippen LogP contribution in [0.2, 0.25) is 5.02 Å². The highest BCUT2D eigenvalue weighted by atomic mass is 35.5. The Hall–Kier alpha value is -2.04. The van der Waals surface area contributed by atoms with Gasteiger partial charge in [-0.1, -0.05) is 54.4 Å².